The smallest absolute Gasteiger partial charge is 0.343 e. The van der Waals surface area contributed by atoms with E-state index >= 15 is 0 Å². The van der Waals surface area contributed by atoms with Crippen LogP contribution in [0.4, 0.5) is 4.39 Å². The van der Waals surface area contributed by atoms with Gasteiger partial charge in [0.1, 0.15) is 11.5 Å². The number of hydrazone groups is 1. The highest BCUT2D eigenvalue weighted by atomic mass is 35.5. The number of nitrogens with zero attached hydrogens (tertiary/aromatic N) is 1. The molecule has 41 heavy (non-hydrogen) atoms. The van der Waals surface area contributed by atoms with Gasteiger partial charge < -0.3 is 14.5 Å². The topological polar surface area (TPSA) is 92.8 Å². The highest BCUT2D eigenvalue weighted by Crippen LogP contribution is 2.37. The Balaban J connectivity index is 1.38. The van der Waals surface area contributed by atoms with Gasteiger partial charge in [-0.05, 0) is 61.9 Å². The molecule has 0 saturated heterocycles. The molecule has 1 heterocycles. The van der Waals surface area contributed by atoms with E-state index in [4.69, 9.17) is 21.1 Å². The minimum Gasteiger partial charge on any atom is -0.490 e. The van der Waals surface area contributed by atoms with Crippen molar-refractivity contribution >= 4 is 40.6 Å². The molecule has 7 nitrogen and oxygen atoms in total. The third kappa shape index (κ3) is 5.97. The number of esters is 1. The van der Waals surface area contributed by atoms with Crippen LogP contribution in [-0.4, -0.2) is 29.7 Å². The molecule has 9 heteroatoms. The summed E-state index contributed by atoms with van der Waals surface area (Å²) in [6.07, 6.45) is 1.42. The van der Waals surface area contributed by atoms with Gasteiger partial charge in [-0.2, -0.15) is 5.10 Å². The van der Waals surface area contributed by atoms with Gasteiger partial charge in [-0.3, -0.25) is 4.79 Å². The summed E-state index contributed by atoms with van der Waals surface area (Å²) in [4.78, 5) is 28.7. The number of fused-ring (bicyclic) bond motifs is 1. The van der Waals surface area contributed by atoms with Crippen LogP contribution in [0.5, 0.6) is 11.5 Å². The molecule has 0 atom stereocenters. The Bertz CT molecular complexity index is 1800. The van der Waals surface area contributed by atoms with Gasteiger partial charge >= 0.3 is 5.97 Å². The van der Waals surface area contributed by atoms with Crippen molar-refractivity contribution in [2.45, 2.75) is 13.8 Å². The normalized spacial score (nSPS) is 11.1. The minimum atomic E-state index is -0.583. The summed E-state index contributed by atoms with van der Waals surface area (Å²) in [5.41, 5.74) is 5.79. The lowest BCUT2D eigenvalue weighted by Crippen LogP contribution is -2.19. The SMILES string of the molecule is CCOc1cc(C=NNC(=O)c2[nH]c3c(F)cccc3c2-c2ccccc2Cl)ccc1OC(=O)c1cccc(C)c1. The number of nitrogens with one attached hydrogen (secondary N) is 2. The molecule has 0 aliphatic heterocycles. The Hall–Kier alpha value is -4.95. The number of ether oxygens (including phenoxy) is 2. The van der Waals surface area contributed by atoms with Crippen LogP contribution in [0.2, 0.25) is 5.02 Å². The fraction of sp³-hybridized carbons (Fsp3) is 0.0938. The van der Waals surface area contributed by atoms with Crippen molar-refractivity contribution in [3.63, 3.8) is 0 Å². The van der Waals surface area contributed by atoms with E-state index in [9.17, 15) is 14.0 Å². The summed E-state index contributed by atoms with van der Waals surface area (Å²) in [5.74, 6) is -0.988. The molecule has 0 aliphatic carbocycles. The monoisotopic (exact) mass is 569 g/mol. The first kappa shape index (κ1) is 27.6. The molecule has 0 aliphatic rings. The number of aromatic amines is 1. The summed E-state index contributed by atoms with van der Waals surface area (Å²) in [6, 6.07) is 23.6. The quantitative estimate of drug-likeness (QED) is 0.0886. The Kier molecular flexibility index (Phi) is 8.12. The van der Waals surface area contributed by atoms with Crippen molar-refractivity contribution in [2.24, 2.45) is 5.10 Å². The number of hydrogen-bond acceptors (Lipinski definition) is 5. The van der Waals surface area contributed by atoms with Crippen molar-refractivity contribution in [3.05, 3.63) is 118 Å². The van der Waals surface area contributed by atoms with E-state index in [0.29, 0.717) is 45.0 Å². The van der Waals surface area contributed by atoms with Crippen LogP contribution >= 0.6 is 11.6 Å². The molecule has 0 spiro atoms. The van der Waals surface area contributed by atoms with Crippen LogP contribution in [-0.2, 0) is 0 Å². The zero-order valence-electron chi connectivity index (χ0n) is 22.2. The van der Waals surface area contributed by atoms with Crippen molar-refractivity contribution < 1.29 is 23.5 Å². The predicted molar refractivity (Wildman–Crippen MR) is 158 cm³/mol. The molecule has 0 saturated carbocycles. The summed E-state index contributed by atoms with van der Waals surface area (Å²) >= 11 is 6.43. The second kappa shape index (κ2) is 12.1. The number of carbonyl (C=O) groups is 2. The van der Waals surface area contributed by atoms with Gasteiger partial charge in [-0.25, -0.2) is 14.6 Å². The first-order valence-electron chi connectivity index (χ1n) is 12.8. The standard InChI is InChI=1S/C32H25ClFN3O4/c1-3-40-27-17-20(14-15-26(27)41-32(39)21-9-6-8-19(2)16-21)18-35-37-31(38)30-28(22-10-4-5-12-24(22)33)23-11-7-13-25(34)29(23)36-30/h4-18,36H,3H2,1-2H3,(H,37,38). The van der Waals surface area contributed by atoms with Crippen LogP contribution in [0.25, 0.3) is 22.0 Å². The second-order valence-corrected chi connectivity index (χ2v) is 9.52. The zero-order chi connectivity index (χ0) is 28.9. The zero-order valence-corrected chi connectivity index (χ0v) is 23.0. The number of carbonyl (C=O) groups excluding carboxylic acids is 2. The van der Waals surface area contributed by atoms with Gasteiger partial charge in [0.25, 0.3) is 5.91 Å². The molecule has 0 radical (unpaired) electrons. The molecule has 0 fully saturated rings. The fourth-order valence-corrected chi connectivity index (χ4v) is 4.64. The van der Waals surface area contributed by atoms with E-state index in [0.717, 1.165) is 5.56 Å². The van der Waals surface area contributed by atoms with Crippen molar-refractivity contribution in [2.75, 3.05) is 6.61 Å². The van der Waals surface area contributed by atoms with Gasteiger partial charge in [-0.15, -0.1) is 0 Å². The number of H-pyrrole nitrogens is 1. The number of para-hydroxylation sites is 1. The van der Waals surface area contributed by atoms with Crippen LogP contribution in [0.3, 0.4) is 0 Å². The second-order valence-electron chi connectivity index (χ2n) is 9.11. The first-order chi connectivity index (χ1) is 19.9. The average Bonchev–Trinajstić information content (AvgIpc) is 3.35. The van der Waals surface area contributed by atoms with E-state index in [2.05, 4.69) is 15.5 Å². The molecule has 206 valence electrons. The van der Waals surface area contributed by atoms with E-state index in [-0.39, 0.29) is 17.0 Å². The van der Waals surface area contributed by atoms with Crippen LogP contribution in [0.1, 0.15) is 38.9 Å². The lowest BCUT2D eigenvalue weighted by atomic mass is 10.0. The molecule has 5 aromatic rings. The van der Waals surface area contributed by atoms with E-state index < -0.39 is 17.7 Å². The Morgan fingerprint density at radius 2 is 1.80 bits per heavy atom. The number of aromatic nitrogens is 1. The Morgan fingerprint density at radius 1 is 1.00 bits per heavy atom. The lowest BCUT2D eigenvalue weighted by molar-refractivity contribution is 0.0728. The largest absolute Gasteiger partial charge is 0.490 e. The maximum absolute atomic E-state index is 14.6. The maximum atomic E-state index is 14.6. The number of rotatable bonds is 8. The van der Waals surface area contributed by atoms with Gasteiger partial charge in [0, 0.05) is 21.5 Å². The van der Waals surface area contributed by atoms with Crippen LogP contribution in [0.15, 0.2) is 90.0 Å². The van der Waals surface area contributed by atoms with Crippen molar-refractivity contribution in [1.29, 1.82) is 0 Å². The van der Waals surface area contributed by atoms with Gasteiger partial charge in [0.2, 0.25) is 0 Å². The van der Waals surface area contributed by atoms with Gasteiger partial charge in [0.05, 0.1) is 23.9 Å². The average molecular weight is 570 g/mol. The summed E-state index contributed by atoms with van der Waals surface area (Å²) in [6.45, 7) is 4.05. The van der Waals surface area contributed by atoms with Crippen LogP contribution < -0.4 is 14.9 Å². The third-order valence-electron chi connectivity index (χ3n) is 6.26. The number of hydrogen-bond donors (Lipinski definition) is 2. The first-order valence-corrected chi connectivity index (χ1v) is 13.2. The molecule has 2 N–H and O–H groups in total. The number of aryl methyl sites for hydroxylation is 1. The number of halogens is 2. The minimum absolute atomic E-state index is 0.115. The van der Waals surface area contributed by atoms with E-state index in [1.165, 1.54) is 12.3 Å². The highest BCUT2D eigenvalue weighted by Gasteiger charge is 2.22. The Morgan fingerprint density at radius 3 is 2.59 bits per heavy atom. The van der Waals surface area contributed by atoms with Gasteiger partial charge in [-0.1, -0.05) is 59.6 Å². The van der Waals surface area contributed by atoms with Crippen molar-refractivity contribution in [1.82, 2.24) is 10.4 Å². The molecule has 0 unspecified atom stereocenters. The van der Waals surface area contributed by atoms with Crippen molar-refractivity contribution in [3.8, 4) is 22.6 Å². The number of benzene rings is 4. The Labute approximate surface area is 240 Å². The fourth-order valence-electron chi connectivity index (χ4n) is 4.41. The summed E-state index contributed by atoms with van der Waals surface area (Å²) < 4.78 is 25.8. The molecule has 1 aromatic heterocycles. The number of amides is 1. The molecule has 1 amide bonds. The molecule has 0 bridgehead atoms. The predicted octanol–water partition coefficient (Wildman–Crippen LogP) is 7.32. The molecular weight excluding hydrogens is 545 g/mol. The van der Waals surface area contributed by atoms with Crippen LogP contribution in [0, 0.1) is 12.7 Å². The maximum Gasteiger partial charge on any atom is 0.343 e. The highest BCUT2D eigenvalue weighted by molar-refractivity contribution is 6.34. The molecular formula is C32H25ClFN3O4. The van der Waals surface area contributed by atoms with E-state index in [1.807, 2.05) is 19.9 Å². The lowest BCUT2D eigenvalue weighted by Gasteiger charge is -2.11. The third-order valence-corrected chi connectivity index (χ3v) is 6.59. The van der Waals surface area contributed by atoms with Gasteiger partial charge in [0.15, 0.2) is 11.5 Å². The molecule has 4 aromatic carbocycles. The summed E-state index contributed by atoms with van der Waals surface area (Å²) in [7, 11) is 0. The van der Waals surface area contributed by atoms with E-state index in [1.54, 1.807) is 72.8 Å². The molecule has 5 rings (SSSR count). The summed E-state index contributed by atoms with van der Waals surface area (Å²) in [5, 5.41) is 5.02.